The minimum absolute atomic E-state index is 0.00781. The Morgan fingerprint density at radius 3 is 2.74 bits per heavy atom. The molecule has 2 heterocycles. The Hall–Kier alpha value is -3.04. The summed E-state index contributed by atoms with van der Waals surface area (Å²) >= 11 is 2.82. The summed E-state index contributed by atoms with van der Waals surface area (Å²) in [7, 11) is 3.45. The van der Waals surface area contributed by atoms with Gasteiger partial charge in [0.15, 0.2) is 4.34 Å². The lowest BCUT2D eigenvalue weighted by Crippen LogP contribution is -2.30. The topological polar surface area (TPSA) is 91.9 Å². The maximum atomic E-state index is 12.5. The highest BCUT2D eigenvalue weighted by Crippen LogP contribution is 2.31. The van der Waals surface area contributed by atoms with Crippen LogP contribution in [0, 0.1) is 0 Å². The molecule has 3 N–H and O–H groups in total. The van der Waals surface area contributed by atoms with Crippen LogP contribution in [0.5, 0.6) is 5.75 Å². The molecule has 1 atom stereocenters. The van der Waals surface area contributed by atoms with Gasteiger partial charge in [-0.25, -0.2) is 0 Å². The number of benzene rings is 2. The third-order valence-electron chi connectivity index (χ3n) is 4.97. The normalized spacial score (nSPS) is 11.9. The van der Waals surface area contributed by atoms with Gasteiger partial charge >= 0.3 is 0 Å². The first-order valence-corrected chi connectivity index (χ1v) is 11.6. The summed E-state index contributed by atoms with van der Waals surface area (Å²) in [4.78, 5) is 15.9. The van der Waals surface area contributed by atoms with Gasteiger partial charge in [0.25, 0.3) is 0 Å². The zero-order chi connectivity index (χ0) is 21.6. The molecule has 2 aromatic heterocycles. The number of ether oxygens (including phenoxy) is 1. The van der Waals surface area contributed by atoms with E-state index in [9.17, 15) is 4.79 Å². The van der Waals surface area contributed by atoms with E-state index in [0.29, 0.717) is 12.3 Å². The average Bonchev–Trinajstić information content (AvgIpc) is 3.45. The summed E-state index contributed by atoms with van der Waals surface area (Å²) in [5.74, 6) is 1.07. The molecule has 1 amide bonds. The second-order valence-electron chi connectivity index (χ2n) is 6.83. The number of hydrogen-bond donors (Lipinski definition) is 3. The van der Waals surface area contributed by atoms with Crippen molar-refractivity contribution in [3.05, 3.63) is 65.9 Å². The number of rotatable bonds is 9. The number of carbonyl (C=O) groups excluding carboxylic acids is 1. The first-order valence-electron chi connectivity index (χ1n) is 9.78. The van der Waals surface area contributed by atoms with Crippen molar-refractivity contribution in [1.82, 2.24) is 20.5 Å². The van der Waals surface area contributed by atoms with Gasteiger partial charge in [-0.2, -0.15) is 0 Å². The van der Waals surface area contributed by atoms with Crippen molar-refractivity contribution < 1.29 is 9.53 Å². The van der Waals surface area contributed by atoms with Gasteiger partial charge in [0.05, 0.1) is 12.9 Å². The fourth-order valence-electron chi connectivity index (χ4n) is 3.39. The van der Waals surface area contributed by atoms with Crippen LogP contribution in [0.3, 0.4) is 0 Å². The average molecular weight is 454 g/mol. The van der Waals surface area contributed by atoms with Crippen molar-refractivity contribution in [3.63, 3.8) is 0 Å². The number of nitrogens with one attached hydrogen (secondary N) is 3. The van der Waals surface area contributed by atoms with Crippen LogP contribution < -0.4 is 15.4 Å². The van der Waals surface area contributed by atoms with E-state index in [1.54, 1.807) is 14.2 Å². The Balaban J connectivity index is 1.49. The number of anilines is 1. The highest BCUT2D eigenvalue weighted by molar-refractivity contribution is 8.01. The van der Waals surface area contributed by atoms with Crippen LogP contribution in [-0.4, -0.2) is 47.5 Å². The monoisotopic (exact) mass is 453 g/mol. The van der Waals surface area contributed by atoms with Crippen LogP contribution in [0.4, 0.5) is 5.13 Å². The van der Waals surface area contributed by atoms with Crippen molar-refractivity contribution in [1.29, 1.82) is 0 Å². The molecule has 0 bridgehead atoms. The number of methoxy groups -OCH3 is 1. The molecule has 4 aromatic rings. The molecule has 0 unspecified atom stereocenters. The summed E-state index contributed by atoms with van der Waals surface area (Å²) in [5.41, 5.74) is 3.34. The van der Waals surface area contributed by atoms with E-state index >= 15 is 0 Å². The number of para-hydroxylation sites is 1. The van der Waals surface area contributed by atoms with Crippen molar-refractivity contribution in [2.45, 2.75) is 10.3 Å². The predicted molar refractivity (Wildman–Crippen MR) is 126 cm³/mol. The van der Waals surface area contributed by atoms with Gasteiger partial charge in [-0.1, -0.05) is 53.4 Å². The van der Waals surface area contributed by atoms with Gasteiger partial charge in [0, 0.05) is 36.6 Å². The van der Waals surface area contributed by atoms with Gasteiger partial charge in [-0.15, -0.1) is 10.2 Å². The summed E-state index contributed by atoms with van der Waals surface area (Å²) in [6.45, 7) is 0.492. The van der Waals surface area contributed by atoms with Crippen LogP contribution in [0.2, 0.25) is 0 Å². The van der Waals surface area contributed by atoms with Crippen LogP contribution >= 0.6 is 23.1 Å². The molecule has 0 aliphatic heterocycles. The van der Waals surface area contributed by atoms with Gasteiger partial charge in [-0.3, -0.25) is 4.79 Å². The van der Waals surface area contributed by atoms with Gasteiger partial charge in [-0.05, 0) is 29.3 Å². The molecule has 9 heteroatoms. The number of H-pyrrole nitrogens is 1. The second kappa shape index (κ2) is 9.84. The number of nitrogens with zero attached hydrogens (tertiary/aromatic N) is 2. The molecule has 0 aliphatic rings. The Bertz CT molecular complexity index is 1160. The highest BCUT2D eigenvalue weighted by atomic mass is 32.2. The number of amides is 1. The maximum absolute atomic E-state index is 12.5. The van der Waals surface area contributed by atoms with Crippen molar-refractivity contribution >= 4 is 45.0 Å². The van der Waals surface area contributed by atoms with E-state index in [4.69, 9.17) is 4.74 Å². The van der Waals surface area contributed by atoms with Crippen LogP contribution in [0.25, 0.3) is 10.9 Å². The van der Waals surface area contributed by atoms with E-state index in [2.05, 4.69) is 37.9 Å². The standard InChI is InChI=1S/C22H23N5O2S2/c1-23-21-26-27-22(31-21)30-13-20(28)25-11-17(14-7-9-15(29-2)10-8-14)18-12-24-19-6-4-3-5-16(18)19/h3-10,12,17,24H,11,13H2,1-2H3,(H,23,26)(H,25,28)/t17-/m0/s1. The van der Waals surface area contributed by atoms with Crippen LogP contribution in [0.15, 0.2) is 59.1 Å². The van der Waals surface area contributed by atoms with E-state index in [1.807, 2.05) is 42.6 Å². The fourth-order valence-corrected chi connectivity index (χ4v) is 4.92. The quantitative estimate of drug-likeness (QED) is 0.330. The molecular weight excluding hydrogens is 430 g/mol. The van der Waals surface area contributed by atoms with E-state index in [-0.39, 0.29) is 11.8 Å². The first kappa shape index (κ1) is 21.2. The van der Waals surface area contributed by atoms with E-state index < -0.39 is 0 Å². The molecule has 2 aromatic carbocycles. The second-order valence-corrected chi connectivity index (χ2v) is 9.03. The zero-order valence-corrected chi connectivity index (χ0v) is 18.8. The summed E-state index contributed by atoms with van der Waals surface area (Å²) in [6.07, 6.45) is 2.03. The highest BCUT2D eigenvalue weighted by Gasteiger charge is 2.19. The van der Waals surface area contributed by atoms with Gasteiger partial charge in [0.2, 0.25) is 11.0 Å². The molecule has 0 fully saturated rings. The first-order chi connectivity index (χ1) is 15.2. The minimum Gasteiger partial charge on any atom is -0.497 e. The smallest absolute Gasteiger partial charge is 0.230 e. The Kier molecular flexibility index (Phi) is 6.73. The molecule has 160 valence electrons. The lowest BCUT2D eigenvalue weighted by molar-refractivity contribution is -0.118. The molecule has 0 saturated carbocycles. The lowest BCUT2D eigenvalue weighted by Gasteiger charge is -2.18. The molecule has 4 rings (SSSR count). The molecule has 0 radical (unpaired) electrons. The number of hydrogen-bond acceptors (Lipinski definition) is 7. The van der Waals surface area contributed by atoms with E-state index in [1.165, 1.54) is 23.1 Å². The largest absolute Gasteiger partial charge is 0.497 e. The molecule has 0 saturated heterocycles. The predicted octanol–water partition coefficient (Wildman–Crippen LogP) is 4.11. The van der Waals surface area contributed by atoms with Crippen LogP contribution in [0.1, 0.15) is 17.0 Å². The minimum atomic E-state index is -0.0374. The van der Waals surface area contributed by atoms with E-state index in [0.717, 1.165) is 37.3 Å². The molecule has 7 nitrogen and oxygen atoms in total. The summed E-state index contributed by atoms with van der Waals surface area (Å²) < 4.78 is 6.07. The Morgan fingerprint density at radius 2 is 2.00 bits per heavy atom. The number of fused-ring (bicyclic) bond motifs is 1. The zero-order valence-electron chi connectivity index (χ0n) is 17.2. The Labute approximate surface area is 188 Å². The van der Waals surface area contributed by atoms with Crippen molar-refractivity contribution in [2.75, 3.05) is 31.8 Å². The number of carbonyl (C=O) groups is 1. The lowest BCUT2D eigenvalue weighted by atomic mass is 9.91. The number of aromatic amines is 1. The van der Waals surface area contributed by atoms with Crippen LogP contribution in [-0.2, 0) is 4.79 Å². The molecule has 0 spiro atoms. The number of thioether (sulfide) groups is 1. The number of aromatic nitrogens is 3. The van der Waals surface area contributed by atoms with Gasteiger partial charge < -0.3 is 20.4 Å². The maximum Gasteiger partial charge on any atom is 0.230 e. The molecule has 0 aliphatic carbocycles. The molecule has 31 heavy (non-hydrogen) atoms. The molecular formula is C22H23N5O2S2. The van der Waals surface area contributed by atoms with Gasteiger partial charge in [0.1, 0.15) is 5.75 Å². The Morgan fingerprint density at radius 1 is 1.19 bits per heavy atom. The van der Waals surface area contributed by atoms with Crippen molar-refractivity contribution in [2.24, 2.45) is 0 Å². The fraction of sp³-hybridized carbons (Fsp3) is 0.227. The van der Waals surface area contributed by atoms with Crippen molar-refractivity contribution in [3.8, 4) is 5.75 Å². The third kappa shape index (κ3) is 5.00. The summed E-state index contributed by atoms with van der Waals surface area (Å²) in [6, 6.07) is 16.2. The SMILES string of the molecule is CNc1nnc(SCC(=O)NC[C@@H](c2ccc(OC)cc2)c2c[nH]c3ccccc23)s1. The third-order valence-corrected chi connectivity index (χ3v) is 7.04. The summed E-state index contributed by atoms with van der Waals surface area (Å²) in [5, 5.41) is 16.0.